The first kappa shape index (κ1) is 17.5. The van der Waals surface area contributed by atoms with Crippen LogP contribution in [0.5, 0.6) is 5.75 Å². The lowest BCUT2D eigenvalue weighted by Crippen LogP contribution is -2.45. The molecular formula is C20H27N3O2. The lowest BCUT2D eigenvalue weighted by Gasteiger charge is -2.36. The number of hydrogen-bond donors (Lipinski definition) is 0. The predicted octanol–water partition coefficient (Wildman–Crippen LogP) is 3.30. The Kier molecular flexibility index (Phi) is 6.09. The van der Waals surface area contributed by atoms with Crippen molar-refractivity contribution in [3.63, 3.8) is 0 Å². The fourth-order valence-corrected chi connectivity index (χ4v) is 3.52. The molecule has 2 heterocycles. The number of hydrogen-bond acceptors (Lipinski definition) is 3. The third-order valence-corrected chi connectivity index (χ3v) is 4.92. The zero-order valence-electron chi connectivity index (χ0n) is 14.9. The van der Waals surface area contributed by atoms with Gasteiger partial charge in [-0.15, -0.1) is 0 Å². The zero-order valence-corrected chi connectivity index (χ0v) is 14.9. The van der Waals surface area contributed by atoms with Crippen LogP contribution in [0.15, 0.2) is 42.7 Å². The Labute approximate surface area is 149 Å². The summed E-state index contributed by atoms with van der Waals surface area (Å²) in [6, 6.07) is 10.3. The fraction of sp³-hybridized carbons (Fsp3) is 0.500. The number of likely N-dealkylation sites (tertiary alicyclic amines) is 1. The first-order valence-corrected chi connectivity index (χ1v) is 9.16. The number of rotatable bonds is 7. The predicted molar refractivity (Wildman–Crippen MR) is 97.5 cm³/mol. The van der Waals surface area contributed by atoms with Gasteiger partial charge in [-0.25, -0.2) is 0 Å². The van der Waals surface area contributed by atoms with Gasteiger partial charge in [0, 0.05) is 25.4 Å². The molecule has 1 aromatic carbocycles. The van der Waals surface area contributed by atoms with E-state index in [4.69, 9.17) is 4.74 Å². The van der Waals surface area contributed by atoms with E-state index in [1.807, 2.05) is 29.1 Å². The van der Waals surface area contributed by atoms with Gasteiger partial charge in [0.2, 0.25) is 5.91 Å². The molecule has 1 fully saturated rings. The zero-order chi connectivity index (χ0) is 17.5. The number of carbonyl (C=O) groups is 1. The molecule has 1 saturated heterocycles. The highest BCUT2D eigenvalue weighted by Crippen LogP contribution is 2.20. The van der Waals surface area contributed by atoms with Crippen LogP contribution in [-0.2, 0) is 17.8 Å². The Morgan fingerprint density at radius 3 is 2.84 bits per heavy atom. The first-order chi connectivity index (χ1) is 12.3. The van der Waals surface area contributed by atoms with E-state index in [9.17, 15) is 4.79 Å². The number of benzene rings is 1. The highest BCUT2D eigenvalue weighted by atomic mass is 16.5. The third kappa shape index (κ3) is 4.84. The largest absolute Gasteiger partial charge is 0.497 e. The molecule has 0 saturated carbocycles. The molecule has 0 N–H and O–H groups in total. The SMILES string of the molecule is COc1ccc(CCCC(=O)N2CCCCC2Cn2cccn2)cc1. The lowest BCUT2D eigenvalue weighted by molar-refractivity contribution is -0.135. The highest BCUT2D eigenvalue weighted by molar-refractivity contribution is 5.76. The van der Waals surface area contributed by atoms with Gasteiger partial charge in [-0.2, -0.15) is 5.10 Å². The van der Waals surface area contributed by atoms with E-state index in [1.165, 1.54) is 12.0 Å². The summed E-state index contributed by atoms with van der Waals surface area (Å²) in [4.78, 5) is 14.8. The van der Waals surface area contributed by atoms with E-state index in [-0.39, 0.29) is 11.9 Å². The minimum Gasteiger partial charge on any atom is -0.497 e. The molecule has 1 atom stereocenters. The number of nitrogens with zero attached hydrogens (tertiary/aromatic N) is 3. The molecule has 1 aliphatic rings. The quantitative estimate of drug-likeness (QED) is 0.776. The Morgan fingerprint density at radius 1 is 1.28 bits per heavy atom. The summed E-state index contributed by atoms with van der Waals surface area (Å²) in [5.41, 5.74) is 1.25. The van der Waals surface area contributed by atoms with Crippen molar-refractivity contribution in [2.75, 3.05) is 13.7 Å². The van der Waals surface area contributed by atoms with Crippen LogP contribution in [0, 0.1) is 0 Å². The van der Waals surface area contributed by atoms with Crippen LogP contribution in [0.4, 0.5) is 0 Å². The van der Waals surface area contributed by atoms with E-state index in [0.29, 0.717) is 6.42 Å². The average molecular weight is 341 g/mol. The molecule has 5 heteroatoms. The van der Waals surface area contributed by atoms with Crippen LogP contribution in [0.25, 0.3) is 0 Å². The Balaban J connectivity index is 1.49. The summed E-state index contributed by atoms with van der Waals surface area (Å²) < 4.78 is 7.12. The Hall–Kier alpha value is -2.30. The standard InChI is InChI=1S/C20H27N3O2/c1-25-19-11-9-17(10-12-19)6-4-8-20(24)23-15-3-2-7-18(23)16-22-14-5-13-21-22/h5,9-14,18H,2-4,6-8,15-16H2,1H3. The summed E-state index contributed by atoms with van der Waals surface area (Å²) in [6.45, 7) is 1.69. The molecular weight excluding hydrogens is 314 g/mol. The number of carbonyl (C=O) groups excluding carboxylic acids is 1. The number of aryl methyl sites for hydroxylation is 1. The van der Waals surface area contributed by atoms with Crippen molar-refractivity contribution in [1.82, 2.24) is 14.7 Å². The summed E-state index contributed by atoms with van der Waals surface area (Å²) >= 11 is 0. The van der Waals surface area contributed by atoms with Crippen LogP contribution in [-0.4, -0.2) is 40.3 Å². The lowest BCUT2D eigenvalue weighted by atomic mass is 10.0. The van der Waals surface area contributed by atoms with Gasteiger partial charge >= 0.3 is 0 Å². The molecule has 1 unspecified atom stereocenters. The van der Waals surface area contributed by atoms with E-state index in [1.54, 1.807) is 13.3 Å². The molecule has 3 rings (SSSR count). The maximum atomic E-state index is 12.7. The molecule has 25 heavy (non-hydrogen) atoms. The van der Waals surface area contributed by atoms with E-state index in [0.717, 1.165) is 44.5 Å². The maximum Gasteiger partial charge on any atom is 0.222 e. The van der Waals surface area contributed by atoms with Gasteiger partial charge in [0.05, 0.1) is 19.7 Å². The maximum absolute atomic E-state index is 12.7. The smallest absolute Gasteiger partial charge is 0.222 e. The number of amides is 1. The summed E-state index contributed by atoms with van der Waals surface area (Å²) in [7, 11) is 1.67. The van der Waals surface area contributed by atoms with Crippen molar-refractivity contribution in [3.8, 4) is 5.75 Å². The number of piperidine rings is 1. The number of methoxy groups -OCH3 is 1. The third-order valence-electron chi connectivity index (χ3n) is 4.92. The monoisotopic (exact) mass is 341 g/mol. The van der Waals surface area contributed by atoms with Crippen LogP contribution in [0.2, 0.25) is 0 Å². The molecule has 1 aromatic heterocycles. The second-order valence-electron chi connectivity index (χ2n) is 6.67. The normalized spacial score (nSPS) is 17.5. The number of aromatic nitrogens is 2. The Morgan fingerprint density at radius 2 is 2.12 bits per heavy atom. The van der Waals surface area contributed by atoms with Gasteiger partial charge in [0.15, 0.2) is 0 Å². The van der Waals surface area contributed by atoms with Crippen LogP contribution >= 0.6 is 0 Å². The van der Waals surface area contributed by atoms with Crippen molar-refractivity contribution >= 4 is 5.91 Å². The fourth-order valence-electron chi connectivity index (χ4n) is 3.52. The van der Waals surface area contributed by atoms with Gasteiger partial charge in [0.25, 0.3) is 0 Å². The molecule has 134 valence electrons. The van der Waals surface area contributed by atoms with Crippen molar-refractivity contribution < 1.29 is 9.53 Å². The number of ether oxygens (including phenoxy) is 1. The van der Waals surface area contributed by atoms with Crippen LogP contribution in [0.3, 0.4) is 0 Å². The molecule has 0 bridgehead atoms. The van der Waals surface area contributed by atoms with Gasteiger partial charge in [0.1, 0.15) is 5.75 Å². The van der Waals surface area contributed by atoms with Crippen molar-refractivity contribution in [2.45, 2.75) is 51.1 Å². The molecule has 0 spiro atoms. The van der Waals surface area contributed by atoms with E-state index < -0.39 is 0 Å². The molecule has 0 aliphatic carbocycles. The second kappa shape index (κ2) is 8.70. The van der Waals surface area contributed by atoms with E-state index >= 15 is 0 Å². The molecule has 1 aliphatic heterocycles. The van der Waals surface area contributed by atoms with Gasteiger partial charge in [-0.3, -0.25) is 9.48 Å². The Bertz CT molecular complexity index is 652. The first-order valence-electron chi connectivity index (χ1n) is 9.16. The molecule has 0 radical (unpaired) electrons. The second-order valence-corrected chi connectivity index (χ2v) is 6.67. The minimum absolute atomic E-state index is 0.280. The molecule has 2 aromatic rings. The van der Waals surface area contributed by atoms with Gasteiger partial charge in [-0.1, -0.05) is 12.1 Å². The van der Waals surface area contributed by atoms with Gasteiger partial charge < -0.3 is 9.64 Å². The van der Waals surface area contributed by atoms with Crippen LogP contribution in [0.1, 0.15) is 37.7 Å². The summed E-state index contributed by atoms with van der Waals surface area (Å²) in [6.07, 6.45) is 9.57. The van der Waals surface area contributed by atoms with E-state index in [2.05, 4.69) is 22.1 Å². The molecule has 1 amide bonds. The van der Waals surface area contributed by atoms with Gasteiger partial charge in [-0.05, 0) is 55.9 Å². The summed E-state index contributed by atoms with van der Waals surface area (Å²) in [5.74, 6) is 1.15. The minimum atomic E-state index is 0.280. The van der Waals surface area contributed by atoms with Crippen molar-refractivity contribution in [3.05, 3.63) is 48.3 Å². The topological polar surface area (TPSA) is 47.4 Å². The summed E-state index contributed by atoms with van der Waals surface area (Å²) in [5, 5.41) is 4.29. The van der Waals surface area contributed by atoms with Crippen molar-refractivity contribution in [1.29, 1.82) is 0 Å². The highest BCUT2D eigenvalue weighted by Gasteiger charge is 2.26. The average Bonchev–Trinajstić information content (AvgIpc) is 3.16. The van der Waals surface area contributed by atoms with Crippen molar-refractivity contribution in [2.24, 2.45) is 0 Å². The van der Waals surface area contributed by atoms with Crippen LogP contribution < -0.4 is 4.74 Å². The molecule has 5 nitrogen and oxygen atoms in total.